The average molecular weight is 280 g/mol. The molecule has 0 fully saturated rings. The van der Waals surface area contributed by atoms with E-state index in [0.717, 1.165) is 0 Å². The lowest BCUT2D eigenvalue weighted by Gasteiger charge is -2.14. The summed E-state index contributed by atoms with van der Waals surface area (Å²) in [5.41, 5.74) is 5.20. The lowest BCUT2D eigenvalue weighted by Crippen LogP contribution is -2.34. The predicted molar refractivity (Wildman–Crippen MR) is 60.4 cm³/mol. The number of nitrogens with one attached hydrogen (secondary N) is 1. The molecule has 3 N–H and O–H groups in total. The normalized spacial score (nSPS) is 12.4. The van der Waals surface area contributed by atoms with Gasteiger partial charge >= 0.3 is 12.1 Å². The molecule has 8 heteroatoms. The second-order valence-corrected chi connectivity index (χ2v) is 3.67. The fourth-order valence-electron chi connectivity index (χ4n) is 1.13. The summed E-state index contributed by atoms with van der Waals surface area (Å²) in [4.78, 5) is 21.5. The van der Waals surface area contributed by atoms with Crippen LogP contribution in [-0.2, 0) is 14.3 Å². The lowest BCUT2D eigenvalue weighted by atomic mass is 10.1. The van der Waals surface area contributed by atoms with Gasteiger partial charge in [0.25, 0.3) is 0 Å². The maximum atomic E-state index is 11.8. The lowest BCUT2D eigenvalue weighted by molar-refractivity contribution is -0.204. The second kappa shape index (κ2) is 8.37. The van der Waals surface area contributed by atoms with Gasteiger partial charge in [0.05, 0.1) is 6.54 Å². The van der Waals surface area contributed by atoms with Crippen molar-refractivity contribution in [3.8, 4) is 12.3 Å². The van der Waals surface area contributed by atoms with E-state index in [0.29, 0.717) is 12.8 Å². The summed E-state index contributed by atoms with van der Waals surface area (Å²) in [5.74, 6) is -0.337. The highest BCUT2D eigenvalue weighted by Gasteiger charge is 2.41. The first kappa shape index (κ1) is 17.2. The Morgan fingerprint density at radius 3 is 2.53 bits per heavy atom. The first-order chi connectivity index (χ1) is 8.77. The van der Waals surface area contributed by atoms with Gasteiger partial charge in [0.2, 0.25) is 5.91 Å². The van der Waals surface area contributed by atoms with Crippen LogP contribution in [0.25, 0.3) is 0 Å². The van der Waals surface area contributed by atoms with Crippen molar-refractivity contribution in [2.45, 2.75) is 38.1 Å². The molecule has 1 unspecified atom stereocenters. The molecular weight excluding hydrogens is 265 g/mol. The Morgan fingerprint density at radius 2 is 2.00 bits per heavy atom. The number of rotatable bonds is 7. The quantitative estimate of drug-likeness (QED) is 0.311. The number of amides is 1. The predicted octanol–water partition coefficient (Wildman–Crippen LogP) is 0.686. The Balaban J connectivity index is 3.70. The third kappa shape index (κ3) is 8.90. The zero-order chi connectivity index (χ0) is 14.9. The minimum atomic E-state index is -5.05. The van der Waals surface area contributed by atoms with Gasteiger partial charge in [-0.15, -0.1) is 6.42 Å². The van der Waals surface area contributed by atoms with Gasteiger partial charge in [0.15, 0.2) is 6.23 Å². The number of terminal acetylenes is 1. The molecule has 0 aromatic carbocycles. The fraction of sp³-hybridized carbons (Fsp3) is 0.636. The van der Waals surface area contributed by atoms with E-state index in [1.165, 1.54) is 0 Å². The number of nitrogens with two attached hydrogens (primary N) is 1. The molecule has 5 nitrogen and oxygen atoms in total. The number of ether oxygens (including phenoxy) is 1. The molecule has 0 aliphatic carbocycles. The van der Waals surface area contributed by atoms with E-state index in [9.17, 15) is 22.8 Å². The molecular formula is C11H15F3N2O3. The van der Waals surface area contributed by atoms with E-state index in [1.807, 2.05) is 0 Å². The largest absolute Gasteiger partial charge is 0.490 e. The van der Waals surface area contributed by atoms with Crippen molar-refractivity contribution >= 4 is 11.9 Å². The molecule has 0 heterocycles. The number of esters is 1. The first-order valence-electron chi connectivity index (χ1n) is 5.51. The number of alkyl halides is 3. The number of hydrogen-bond acceptors (Lipinski definition) is 4. The molecule has 0 aromatic rings. The number of halogens is 3. The van der Waals surface area contributed by atoms with Crippen LogP contribution in [0.2, 0.25) is 0 Å². The number of hydrogen-bond donors (Lipinski definition) is 2. The zero-order valence-corrected chi connectivity index (χ0v) is 10.1. The number of carbonyl (C=O) groups excluding carboxylic acids is 2. The molecule has 0 saturated carbocycles. The van der Waals surface area contributed by atoms with Gasteiger partial charge in [0, 0.05) is 6.42 Å². The Kier molecular flexibility index (Phi) is 7.60. The molecule has 0 rings (SSSR count). The summed E-state index contributed by atoms with van der Waals surface area (Å²) in [5, 5.41) is 2.43. The molecule has 0 aliphatic rings. The Bertz CT molecular complexity index is 350. The van der Waals surface area contributed by atoms with Crippen LogP contribution in [0, 0.1) is 12.3 Å². The zero-order valence-electron chi connectivity index (χ0n) is 10.1. The van der Waals surface area contributed by atoms with Gasteiger partial charge in [-0.3, -0.25) is 10.5 Å². The smallest absolute Gasteiger partial charge is 0.440 e. The van der Waals surface area contributed by atoms with Crippen molar-refractivity contribution in [2.75, 3.05) is 6.54 Å². The summed E-state index contributed by atoms with van der Waals surface area (Å²) in [6, 6.07) is 0. The van der Waals surface area contributed by atoms with E-state index in [4.69, 9.17) is 12.2 Å². The Hall–Kier alpha value is -1.75. The van der Waals surface area contributed by atoms with Crippen LogP contribution in [-0.4, -0.2) is 30.8 Å². The summed E-state index contributed by atoms with van der Waals surface area (Å²) in [6.07, 6.45) is -0.453. The van der Waals surface area contributed by atoms with Gasteiger partial charge in [-0.2, -0.15) is 13.2 Å². The third-order valence-corrected chi connectivity index (χ3v) is 2.02. The van der Waals surface area contributed by atoms with Gasteiger partial charge in [-0.1, -0.05) is 5.92 Å². The summed E-state index contributed by atoms with van der Waals surface area (Å²) < 4.78 is 39.4. The highest BCUT2D eigenvalue weighted by molar-refractivity contribution is 5.76. The Morgan fingerprint density at radius 1 is 1.37 bits per heavy atom. The minimum absolute atomic E-state index is 0.0459. The van der Waals surface area contributed by atoms with Gasteiger partial charge in [-0.25, -0.2) is 4.79 Å². The van der Waals surface area contributed by atoms with Crippen LogP contribution in [0.1, 0.15) is 25.7 Å². The monoisotopic (exact) mass is 280 g/mol. The summed E-state index contributed by atoms with van der Waals surface area (Å²) in [6.45, 7) is 0.127. The third-order valence-electron chi connectivity index (χ3n) is 2.02. The molecule has 0 spiro atoms. The number of carbonyl (C=O) groups is 2. The van der Waals surface area contributed by atoms with Crippen molar-refractivity contribution in [1.82, 2.24) is 5.32 Å². The van der Waals surface area contributed by atoms with Crippen LogP contribution in [0.15, 0.2) is 0 Å². The highest BCUT2D eigenvalue weighted by Crippen LogP contribution is 2.17. The molecule has 0 aliphatic heterocycles. The van der Waals surface area contributed by atoms with Gasteiger partial charge < -0.3 is 10.1 Å². The molecule has 19 heavy (non-hydrogen) atoms. The van der Waals surface area contributed by atoms with E-state index in [1.54, 1.807) is 0 Å². The topological polar surface area (TPSA) is 81.4 Å². The van der Waals surface area contributed by atoms with E-state index >= 15 is 0 Å². The van der Waals surface area contributed by atoms with E-state index in [-0.39, 0.29) is 25.3 Å². The maximum Gasteiger partial charge on any atom is 0.490 e. The molecule has 0 bridgehead atoms. The van der Waals surface area contributed by atoms with E-state index in [2.05, 4.69) is 16.0 Å². The van der Waals surface area contributed by atoms with Crippen molar-refractivity contribution in [1.29, 1.82) is 0 Å². The van der Waals surface area contributed by atoms with Gasteiger partial charge in [-0.05, 0) is 19.3 Å². The minimum Gasteiger partial charge on any atom is -0.440 e. The SMILES string of the molecule is C#CCNC(=O)CCCCC(N)OC(=O)C(F)(F)F. The summed E-state index contributed by atoms with van der Waals surface area (Å²) >= 11 is 0. The summed E-state index contributed by atoms with van der Waals surface area (Å²) in [7, 11) is 0. The van der Waals surface area contributed by atoms with Crippen LogP contribution in [0.5, 0.6) is 0 Å². The first-order valence-corrected chi connectivity index (χ1v) is 5.51. The highest BCUT2D eigenvalue weighted by atomic mass is 19.4. The second-order valence-electron chi connectivity index (χ2n) is 3.67. The van der Waals surface area contributed by atoms with Crippen LogP contribution in [0.4, 0.5) is 13.2 Å². The standard InChI is InChI=1S/C11H15F3N2O3/c1-2-7-16-9(17)6-4-3-5-8(15)19-10(18)11(12,13)14/h1,8H,3-7,15H2,(H,16,17). The molecule has 108 valence electrons. The molecule has 0 saturated heterocycles. The van der Waals surface area contributed by atoms with Crippen LogP contribution < -0.4 is 11.1 Å². The Labute approximate surface area is 108 Å². The fourth-order valence-corrected chi connectivity index (χ4v) is 1.13. The molecule has 1 atom stereocenters. The average Bonchev–Trinajstić information content (AvgIpc) is 2.30. The van der Waals surface area contributed by atoms with Gasteiger partial charge in [0.1, 0.15) is 0 Å². The maximum absolute atomic E-state index is 11.8. The van der Waals surface area contributed by atoms with E-state index < -0.39 is 18.4 Å². The van der Waals surface area contributed by atoms with Crippen LogP contribution in [0.3, 0.4) is 0 Å². The number of unbranched alkanes of at least 4 members (excludes halogenated alkanes) is 1. The van der Waals surface area contributed by atoms with Crippen molar-refractivity contribution in [3.05, 3.63) is 0 Å². The molecule has 0 radical (unpaired) electrons. The molecule has 0 aromatic heterocycles. The van der Waals surface area contributed by atoms with Crippen LogP contribution >= 0.6 is 0 Å². The molecule has 1 amide bonds. The van der Waals surface area contributed by atoms with Crippen molar-refractivity contribution < 1.29 is 27.5 Å². The van der Waals surface area contributed by atoms with Crippen molar-refractivity contribution in [2.24, 2.45) is 5.73 Å². The van der Waals surface area contributed by atoms with Crippen molar-refractivity contribution in [3.63, 3.8) is 0 Å².